The second kappa shape index (κ2) is 11.2. The minimum Gasteiger partial charge on any atom is -0.422 e. The van der Waals surface area contributed by atoms with Crippen LogP contribution in [0.25, 0.3) is 22.0 Å². The van der Waals surface area contributed by atoms with Gasteiger partial charge in [0.15, 0.2) is 0 Å². The first-order valence-corrected chi connectivity index (χ1v) is 12.9. The minimum atomic E-state index is -0.603. The van der Waals surface area contributed by atoms with E-state index in [2.05, 4.69) is 31.4 Å². The molecule has 0 saturated carbocycles. The van der Waals surface area contributed by atoms with Gasteiger partial charge in [-0.15, -0.1) is 0 Å². The molecule has 0 fully saturated rings. The van der Waals surface area contributed by atoms with Crippen LogP contribution < -0.4 is 10.2 Å². The molecule has 0 atom stereocenters. The van der Waals surface area contributed by atoms with E-state index in [1.54, 1.807) is 54.6 Å². The molecule has 1 amide bonds. The Kier molecular flexibility index (Phi) is 7.60. The topological polar surface area (TPSA) is 83.5 Å². The average molecular weight is 607 g/mol. The summed E-state index contributed by atoms with van der Waals surface area (Å²) in [4.78, 5) is 29.1. The normalized spacial score (nSPS) is 11.1. The van der Waals surface area contributed by atoms with E-state index in [1.807, 2.05) is 36.4 Å². The van der Waals surface area contributed by atoms with Gasteiger partial charge in [-0.05, 0) is 52.3 Å². The number of ether oxygens (including phenoxy) is 1. The maximum Gasteiger partial charge on any atom is 0.345 e. The van der Waals surface area contributed by atoms with Gasteiger partial charge in [0, 0.05) is 31.6 Å². The molecule has 38 heavy (non-hydrogen) atoms. The average Bonchev–Trinajstić information content (AvgIpc) is 3.31. The second-order valence-electron chi connectivity index (χ2n) is 8.12. The van der Waals surface area contributed by atoms with E-state index in [4.69, 9.17) is 27.9 Å². The van der Waals surface area contributed by atoms with Crippen LogP contribution in [0.4, 0.5) is 0 Å². The number of hydrogen-bond acceptors (Lipinski definition) is 4. The van der Waals surface area contributed by atoms with E-state index in [0.29, 0.717) is 27.4 Å². The molecule has 2 N–H and O–H groups in total. The zero-order valence-corrected chi connectivity index (χ0v) is 22.6. The largest absolute Gasteiger partial charge is 0.422 e. The Morgan fingerprint density at radius 3 is 2.37 bits per heavy atom. The van der Waals surface area contributed by atoms with Crippen molar-refractivity contribution in [2.75, 3.05) is 0 Å². The van der Waals surface area contributed by atoms with Gasteiger partial charge < -0.3 is 9.72 Å². The molecule has 0 aliphatic heterocycles. The number of benzene rings is 4. The molecule has 0 radical (unpaired) electrons. The number of rotatable bonds is 6. The van der Waals surface area contributed by atoms with Crippen LogP contribution in [-0.2, 0) is 0 Å². The van der Waals surface area contributed by atoms with E-state index >= 15 is 0 Å². The van der Waals surface area contributed by atoms with Crippen molar-refractivity contribution in [3.8, 4) is 16.9 Å². The van der Waals surface area contributed by atoms with Crippen LogP contribution in [0.5, 0.6) is 5.75 Å². The molecule has 5 aromatic rings. The molecular formula is C29H18BrCl2N3O3. The Morgan fingerprint density at radius 2 is 1.58 bits per heavy atom. The van der Waals surface area contributed by atoms with Crippen molar-refractivity contribution in [1.29, 1.82) is 0 Å². The molecule has 9 heteroatoms. The summed E-state index contributed by atoms with van der Waals surface area (Å²) in [6.45, 7) is 0. The molecule has 1 heterocycles. The third kappa shape index (κ3) is 5.22. The summed E-state index contributed by atoms with van der Waals surface area (Å²) < 4.78 is 6.35. The highest BCUT2D eigenvalue weighted by Gasteiger charge is 2.22. The van der Waals surface area contributed by atoms with Crippen molar-refractivity contribution in [2.24, 2.45) is 5.10 Å². The number of para-hydroxylation sites is 2. The number of amides is 1. The lowest BCUT2D eigenvalue weighted by Crippen LogP contribution is -2.19. The van der Waals surface area contributed by atoms with Gasteiger partial charge in [-0.2, -0.15) is 5.10 Å². The fraction of sp³-hybridized carbons (Fsp3) is 0. The molecule has 5 rings (SSSR count). The van der Waals surface area contributed by atoms with Gasteiger partial charge in [-0.1, -0.05) is 77.8 Å². The third-order valence-electron chi connectivity index (χ3n) is 5.74. The Hall–Kier alpha value is -3.91. The van der Waals surface area contributed by atoms with Crippen molar-refractivity contribution in [2.45, 2.75) is 0 Å². The van der Waals surface area contributed by atoms with Crippen LogP contribution in [-0.4, -0.2) is 23.1 Å². The summed E-state index contributed by atoms with van der Waals surface area (Å²) in [5, 5.41) is 5.75. The van der Waals surface area contributed by atoms with Gasteiger partial charge in [0.1, 0.15) is 11.4 Å². The predicted octanol–water partition coefficient (Wildman–Crippen LogP) is 7.89. The predicted molar refractivity (Wildman–Crippen MR) is 154 cm³/mol. The highest BCUT2D eigenvalue weighted by atomic mass is 79.9. The van der Waals surface area contributed by atoms with Crippen molar-refractivity contribution in [3.63, 3.8) is 0 Å². The van der Waals surface area contributed by atoms with E-state index in [-0.39, 0.29) is 16.3 Å². The number of esters is 1. The molecule has 1 aromatic heterocycles. The number of aromatic amines is 1. The monoisotopic (exact) mass is 605 g/mol. The van der Waals surface area contributed by atoms with Crippen LogP contribution >= 0.6 is 39.1 Å². The minimum absolute atomic E-state index is 0.242. The first kappa shape index (κ1) is 25.7. The van der Waals surface area contributed by atoms with Crippen LogP contribution in [0.2, 0.25) is 10.0 Å². The summed E-state index contributed by atoms with van der Waals surface area (Å²) in [5.74, 6) is -0.806. The maximum atomic E-state index is 13.3. The molecule has 0 bridgehead atoms. The van der Waals surface area contributed by atoms with Gasteiger partial charge in [-0.25, -0.2) is 10.2 Å². The lowest BCUT2D eigenvalue weighted by Gasteiger charge is -2.08. The fourth-order valence-corrected chi connectivity index (χ4v) is 4.88. The molecule has 0 unspecified atom stereocenters. The summed E-state index contributed by atoms with van der Waals surface area (Å²) >= 11 is 16.2. The number of carbonyl (C=O) groups excluding carboxylic acids is 2. The molecule has 0 spiro atoms. The Labute approximate surface area is 236 Å². The molecular weight excluding hydrogens is 589 g/mol. The number of nitrogens with one attached hydrogen (secondary N) is 2. The summed E-state index contributed by atoms with van der Waals surface area (Å²) in [6, 6.07) is 26.5. The van der Waals surface area contributed by atoms with E-state index in [1.165, 1.54) is 6.21 Å². The van der Waals surface area contributed by atoms with Crippen LogP contribution in [0.1, 0.15) is 26.4 Å². The standard InChI is InChI=1S/C29H18BrCl2N3O3/c30-21-12-7-11-20-25(18-9-2-4-13-22(18)31)27(34-26(20)21)28(36)35-33-16-17-8-1-6-15-24(17)38-29(37)19-10-3-5-14-23(19)32/h1-16,34H,(H,35,36). The number of hydrazone groups is 1. The van der Waals surface area contributed by atoms with Crippen molar-refractivity contribution in [3.05, 3.63) is 122 Å². The number of carbonyl (C=O) groups is 2. The van der Waals surface area contributed by atoms with Crippen molar-refractivity contribution in [1.82, 2.24) is 10.4 Å². The maximum absolute atomic E-state index is 13.3. The van der Waals surface area contributed by atoms with E-state index in [9.17, 15) is 9.59 Å². The van der Waals surface area contributed by atoms with E-state index in [0.717, 1.165) is 15.4 Å². The molecule has 188 valence electrons. The molecule has 0 aliphatic carbocycles. The summed E-state index contributed by atoms with van der Waals surface area (Å²) in [7, 11) is 0. The summed E-state index contributed by atoms with van der Waals surface area (Å²) in [5.41, 5.74) is 5.72. The zero-order chi connectivity index (χ0) is 26.6. The number of aromatic nitrogens is 1. The lowest BCUT2D eigenvalue weighted by atomic mass is 10.0. The first-order chi connectivity index (χ1) is 18.4. The smallest absolute Gasteiger partial charge is 0.345 e. The van der Waals surface area contributed by atoms with Gasteiger partial charge in [0.2, 0.25) is 0 Å². The Bertz CT molecular complexity index is 1710. The van der Waals surface area contributed by atoms with Crippen LogP contribution in [0.3, 0.4) is 0 Å². The van der Waals surface area contributed by atoms with Crippen LogP contribution in [0, 0.1) is 0 Å². The lowest BCUT2D eigenvalue weighted by molar-refractivity contribution is 0.0734. The number of hydrogen-bond donors (Lipinski definition) is 2. The number of fused-ring (bicyclic) bond motifs is 1. The van der Waals surface area contributed by atoms with Gasteiger partial charge >= 0.3 is 5.97 Å². The Balaban J connectivity index is 1.42. The fourth-order valence-electron chi connectivity index (χ4n) is 3.97. The highest BCUT2D eigenvalue weighted by molar-refractivity contribution is 9.10. The van der Waals surface area contributed by atoms with Gasteiger partial charge in [-0.3, -0.25) is 4.79 Å². The van der Waals surface area contributed by atoms with Gasteiger partial charge in [0.05, 0.1) is 22.3 Å². The van der Waals surface area contributed by atoms with Crippen molar-refractivity contribution >= 4 is 68.1 Å². The van der Waals surface area contributed by atoms with Gasteiger partial charge in [0.25, 0.3) is 5.91 Å². The van der Waals surface area contributed by atoms with E-state index < -0.39 is 11.9 Å². The quantitative estimate of drug-likeness (QED) is 0.0892. The first-order valence-electron chi connectivity index (χ1n) is 11.4. The third-order valence-corrected chi connectivity index (χ3v) is 7.06. The SMILES string of the molecule is O=C(Oc1ccccc1C=NNC(=O)c1[nH]c2c(Br)cccc2c1-c1ccccc1Cl)c1ccccc1Cl. The number of nitrogens with zero attached hydrogens (tertiary/aromatic N) is 1. The van der Waals surface area contributed by atoms with Crippen molar-refractivity contribution < 1.29 is 14.3 Å². The summed E-state index contributed by atoms with van der Waals surface area (Å²) in [6.07, 6.45) is 1.40. The molecule has 0 aliphatic rings. The van der Waals surface area contributed by atoms with Crippen LogP contribution in [0.15, 0.2) is 101 Å². The number of H-pyrrole nitrogens is 1. The Morgan fingerprint density at radius 1 is 0.868 bits per heavy atom. The highest BCUT2D eigenvalue weighted by Crippen LogP contribution is 2.38. The number of halogens is 3. The molecule has 4 aromatic carbocycles. The molecule has 6 nitrogen and oxygen atoms in total. The molecule has 0 saturated heterocycles. The second-order valence-corrected chi connectivity index (χ2v) is 9.79. The zero-order valence-electron chi connectivity index (χ0n) is 19.5.